The van der Waals surface area contributed by atoms with Gasteiger partial charge in [0.2, 0.25) is 0 Å². The molecule has 0 saturated heterocycles. The molecule has 0 fully saturated rings. The van der Waals surface area contributed by atoms with E-state index in [1.54, 1.807) is 0 Å². The zero-order chi connectivity index (χ0) is 14.4. The first kappa shape index (κ1) is 16.4. The molecule has 0 bridgehead atoms. The van der Waals surface area contributed by atoms with Crippen molar-refractivity contribution < 1.29 is 0 Å². The van der Waals surface area contributed by atoms with E-state index in [0.717, 1.165) is 19.6 Å². The third-order valence-electron chi connectivity index (χ3n) is 3.08. The van der Waals surface area contributed by atoms with Crippen LogP contribution in [0.4, 0.5) is 5.13 Å². The highest BCUT2D eigenvalue weighted by Gasteiger charge is 2.17. The number of nitrogens with one attached hydrogen (secondary N) is 1. The minimum absolute atomic E-state index is 0.495. The average Bonchev–Trinajstić information content (AvgIpc) is 2.77. The van der Waals surface area contributed by atoms with E-state index in [2.05, 4.69) is 51.8 Å². The minimum Gasteiger partial charge on any atom is -0.348 e. The van der Waals surface area contributed by atoms with Gasteiger partial charge in [0.25, 0.3) is 0 Å². The van der Waals surface area contributed by atoms with Crippen molar-refractivity contribution >= 4 is 16.5 Å². The van der Waals surface area contributed by atoms with E-state index in [1.165, 1.54) is 22.1 Å². The summed E-state index contributed by atoms with van der Waals surface area (Å²) in [6, 6.07) is 0.517. The Kier molecular flexibility index (Phi) is 6.80. The van der Waals surface area contributed by atoms with Crippen molar-refractivity contribution in [3.05, 3.63) is 10.6 Å². The molecule has 0 unspecified atom stereocenters. The van der Waals surface area contributed by atoms with Crippen LogP contribution in [0.2, 0.25) is 0 Å². The molecule has 3 nitrogen and oxygen atoms in total. The SMILES string of the molecule is CCCN(CC)c1nc(C(C)C)c(CNC(C)C)s1. The van der Waals surface area contributed by atoms with Gasteiger partial charge in [0.05, 0.1) is 5.69 Å². The molecule has 0 aliphatic heterocycles. The lowest BCUT2D eigenvalue weighted by molar-refractivity contribution is 0.588. The zero-order valence-corrected chi connectivity index (χ0v) is 14.1. The maximum atomic E-state index is 4.88. The average molecular weight is 283 g/mol. The summed E-state index contributed by atoms with van der Waals surface area (Å²) in [5.74, 6) is 0.495. The molecule has 0 amide bonds. The van der Waals surface area contributed by atoms with Crippen LogP contribution < -0.4 is 10.2 Å². The number of nitrogens with zero attached hydrogens (tertiary/aromatic N) is 2. The Morgan fingerprint density at radius 3 is 2.37 bits per heavy atom. The second kappa shape index (κ2) is 7.85. The van der Waals surface area contributed by atoms with Crippen LogP contribution >= 0.6 is 11.3 Å². The number of anilines is 1. The summed E-state index contributed by atoms with van der Waals surface area (Å²) < 4.78 is 0. The maximum Gasteiger partial charge on any atom is 0.185 e. The van der Waals surface area contributed by atoms with E-state index in [1.807, 2.05) is 11.3 Å². The Hall–Kier alpha value is -0.610. The molecule has 0 aliphatic rings. The molecule has 0 saturated carbocycles. The van der Waals surface area contributed by atoms with E-state index >= 15 is 0 Å². The molecule has 1 N–H and O–H groups in total. The summed E-state index contributed by atoms with van der Waals surface area (Å²) in [4.78, 5) is 8.66. The Bertz CT molecular complexity index is 371. The number of thiazole rings is 1. The fourth-order valence-corrected chi connectivity index (χ4v) is 3.27. The fraction of sp³-hybridized carbons (Fsp3) is 0.800. The first-order valence-electron chi connectivity index (χ1n) is 7.47. The fourth-order valence-electron chi connectivity index (χ4n) is 2.02. The zero-order valence-electron chi connectivity index (χ0n) is 13.3. The molecule has 4 heteroatoms. The summed E-state index contributed by atoms with van der Waals surface area (Å²) in [7, 11) is 0. The normalized spacial score (nSPS) is 11.6. The van der Waals surface area contributed by atoms with E-state index in [0.29, 0.717) is 12.0 Å². The number of rotatable bonds is 8. The number of aromatic nitrogens is 1. The second-order valence-electron chi connectivity index (χ2n) is 5.57. The van der Waals surface area contributed by atoms with Gasteiger partial charge in [-0.25, -0.2) is 4.98 Å². The lowest BCUT2D eigenvalue weighted by Gasteiger charge is -2.18. The van der Waals surface area contributed by atoms with Crippen LogP contribution in [0.15, 0.2) is 0 Å². The summed E-state index contributed by atoms with van der Waals surface area (Å²) in [6.07, 6.45) is 1.17. The second-order valence-corrected chi connectivity index (χ2v) is 6.64. The molecule has 1 aromatic heterocycles. The van der Waals surface area contributed by atoms with Gasteiger partial charge in [-0.3, -0.25) is 0 Å². The van der Waals surface area contributed by atoms with Crippen molar-refractivity contribution in [3.8, 4) is 0 Å². The first-order valence-corrected chi connectivity index (χ1v) is 8.29. The molecular weight excluding hydrogens is 254 g/mol. The van der Waals surface area contributed by atoms with Crippen LogP contribution in [-0.2, 0) is 6.54 Å². The summed E-state index contributed by atoms with van der Waals surface area (Å²) in [5.41, 5.74) is 1.27. The van der Waals surface area contributed by atoms with E-state index in [4.69, 9.17) is 4.98 Å². The summed E-state index contributed by atoms with van der Waals surface area (Å²) in [5, 5.41) is 4.70. The Morgan fingerprint density at radius 1 is 1.21 bits per heavy atom. The van der Waals surface area contributed by atoms with Gasteiger partial charge < -0.3 is 10.2 Å². The van der Waals surface area contributed by atoms with Gasteiger partial charge in [-0.15, -0.1) is 11.3 Å². The van der Waals surface area contributed by atoms with Crippen molar-refractivity contribution in [3.63, 3.8) is 0 Å². The predicted octanol–water partition coefficient (Wildman–Crippen LogP) is 4.00. The highest BCUT2D eigenvalue weighted by Crippen LogP contribution is 2.30. The van der Waals surface area contributed by atoms with Crippen LogP contribution in [-0.4, -0.2) is 24.1 Å². The summed E-state index contributed by atoms with van der Waals surface area (Å²) >= 11 is 1.85. The van der Waals surface area contributed by atoms with Crippen LogP contribution in [0, 0.1) is 0 Å². The van der Waals surface area contributed by atoms with Crippen LogP contribution in [0.3, 0.4) is 0 Å². The topological polar surface area (TPSA) is 28.2 Å². The van der Waals surface area contributed by atoms with Crippen molar-refractivity contribution in [1.82, 2.24) is 10.3 Å². The largest absolute Gasteiger partial charge is 0.348 e. The third-order valence-corrected chi connectivity index (χ3v) is 4.21. The molecule has 0 aromatic carbocycles. The van der Waals surface area contributed by atoms with Gasteiger partial charge in [0.15, 0.2) is 5.13 Å². The van der Waals surface area contributed by atoms with Crippen LogP contribution in [0.1, 0.15) is 64.5 Å². The molecule has 1 rings (SSSR count). The lowest BCUT2D eigenvalue weighted by Crippen LogP contribution is -2.23. The lowest BCUT2D eigenvalue weighted by atomic mass is 10.1. The molecule has 19 heavy (non-hydrogen) atoms. The van der Waals surface area contributed by atoms with Gasteiger partial charge in [0, 0.05) is 30.6 Å². The molecule has 0 aliphatic carbocycles. The third kappa shape index (κ3) is 4.77. The quantitative estimate of drug-likeness (QED) is 0.781. The van der Waals surface area contributed by atoms with Crippen LogP contribution in [0.25, 0.3) is 0 Å². The van der Waals surface area contributed by atoms with Gasteiger partial charge in [-0.05, 0) is 19.3 Å². The number of hydrogen-bond acceptors (Lipinski definition) is 4. The molecule has 0 atom stereocenters. The van der Waals surface area contributed by atoms with E-state index in [-0.39, 0.29) is 0 Å². The monoisotopic (exact) mass is 283 g/mol. The highest BCUT2D eigenvalue weighted by atomic mass is 32.1. The Morgan fingerprint density at radius 2 is 1.89 bits per heavy atom. The van der Waals surface area contributed by atoms with Crippen molar-refractivity contribution in [2.75, 3.05) is 18.0 Å². The molecule has 0 spiro atoms. The van der Waals surface area contributed by atoms with E-state index < -0.39 is 0 Å². The standard InChI is InChI=1S/C15H29N3S/c1-7-9-18(8-2)15-17-14(11(3)4)13(19-15)10-16-12(5)6/h11-12,16H,7-10H2,1-6H3. The molecular formula is C15H29N3S. The van der Waals surface area contributed by atoms with Crippen molar-refractivity contribution in [2.45, 2.75) is 66.5 Å². The van der Waals surface area contributed by atoms with Gasteiger partial charge in [-0.1, -0.05) is 34.6 Å². The minimum atomic E-state index is 0.495. The Balaban J connectivity index is 2.92. The summed E-state index contributed by atoms with van der Waals surface area (Å²) in [6.45, 7) is 16.3. The van der Waals surface area contributed by atoms with Gasteiger partial charge in [-0.2, -0.15) is 0 Å². The van der Waals surface area contributed by atoms with Crippen LogP contribution in [0.5, 0.6) is 0 Å². The van der Waals surface area contributed by atoms with E-state index in [9.17, 15) is 0 Å². The maximum absolute atomic E-state index is 4.88. The smallest absolute Gasteiger partial charge is 0.185 e. The van der Waals surface area contributed by atoms with Gasteiger partial charge in [0.1, 0.15) is 0 Å². The van der Waals surface area contributed by atoms with Gasteiger partial charge >= 0.3 is 0 Å². The molecule has 0 radical (unpaired) electrons. The first-order chi connectivity index (χ1) is 8.99. The Labute approximate surface area is 122 Å². The molecule has 1 heterocycles. The molecule has 110 valence electrons. The van der Waals surface area contributed by atoms with Crippen molar-refractivity contribution in [2.24, 2.45) is 0 Å². The molecule has 1 aromatic rings. The number of hydrogen-bond donors (Lipinski definition) is 1. The van der Waals surface area contributed by atoms with Crippen molar-refractivity contribution in [1.29, 1.82) is 0 Å². The predicted molar refractivity (Wildman–Crippen MR) is 86.4 cm³/mol. The highest BCUT2D eigenvalue weighted by molar-refractivity contribution is 7.15.